The van der Waals surface area contributed by atoms with Crippen LogP contribution in [-0.2, 0) is 40.4 Å². The molecule has 4 aromatic carbocycles. The minimum Gasteiger partial charge on any atom is -0.394 e. The summed E-state index contributed by atoms with van der Waals surface area (Å²) in [5, 5.41) is 28.4. The Kier molecular flexibility index (Phi) is 11.6. The molecule has 6 rings (SSSR count). The summed E-state index contributed by atoms with van der Waals surface area (Å²) >= 11 is 0. The molecule has 264 valence electrons. The van der Waals surface area contributed by atoms with Crippen LogP contribution in [0.25, 0.3) is 22.5 Å². The third kappa shape index (κ3) is 9.31. The number of fused-ring (bicyclic) bond motifs is 1. The van der Waals surface area contributed by atoms with Gasteiger partial charge in [-0.2, -0.15) is 4.80 Å². The lowest BCUT2D eigenvalue weighted by atomic mass is 9.98. The lowest BCUT2D eigenvalue weighted by molar-refractivity contribution is -0.128. The number of para-hydroxylation sites is 1. The van der Waals surface area contributed by atoms with Gasteiger partial charge in [0, 0.05) is 29.8 Å². The fourth-order valence-electron chi connectivity index (χ4n) is 6.39. The SMILES string of the molecule is CC(C)(CC(=O)N[C@@H]1CCc2ccccc2N(Cc2ccc(-c3ccccc3-c3nnn(CCO)n3)cc2)C1=O)NCCOCc1ccccc1. The van der Waals surface area contributed by atoms with Gasteiger partial charge >= 0.3 is 0 Å². The van der Waals surface area contributed by atoms with Gasteiger partial charge in [-0.3, -0.25) is 9.59 Å². The van der Waals surface area contributed by atoms with Crippen molar-refractivity contribution in [1.29, 1.82) is 0 Å². The summed E-state index contributed by atoms with van der Waals surface area (Å²) in [7, 11) is 0. The molecule has 2 heterocycles. The maximum Gasteiger partial charge on any atom is 0.249 e. The zero-order valence-electron chi connectivity index (χ0n) is 29.2. The van der Waals surface area contributed by atoms with Crippen LogP contribution in [0, 0.1) is 0 Å². The Morgan fingerprint density at radius 1 is 0.922 bits per heavy atom. The number of tetrazole rings is 1. The van der Waals surface area contributed by atoms with Crippen molar-refractivity contribution < 1.29 is 19.4 Å². The van der Waals surface area contributed by atoms with Crippen LogP contribution in [-0.4, -0.2) is 68.5 Å². The average Bonchev–Trinajstić information content (AvgIpc) is 3.56. The second kappa shape index (κ2) is 16.7. The molecule has 51 heavy (non-hydrogen) atoms. The second-order valence-corrected chi connectivity index (χ2v) is 13.4. The normalized spacial score (nSPS) is 14.6. The topological polar surface area (TPSA) is 134 Å². The van der Waals surface area contributed by atoms with Crippen molar-refractivity contribution in [2.45, 2.75) is 64.4 Å². The lowest BCUT2D eigenvalue weighted by Crippen LogP contribution is -2.51. The Hall–Kier alpha value is -5.23. The third-order valence-corrected chi connectivity index (χ3v) is 8.97. The zero-order chi connectivity index (χ0) is 35.6. The Morgan fingerprint density at radius 2 is 1.65 bits per heavy atom. The van der Waals surface area contributed by atoms with Crippen LogP contribution >= 0.6 is 0 Å². The monoisotopic (exact) mass is 687 g/mol. The molecule has 1 atom stereocenters. The number of aliphatic hydroxyl groups is 1. The van der Waals surface area contributed by atoms with Gasteiger partial charge in [0.25, 0.3) is 0 Å². The summed E-state index contributed by atoms with van der Waals surface area (Å²) < 4.78 is 5.79. The minimum absolute atomic E-state index is 0.0713. The highest BCUT2D eigenvalue weighted by atomic mass is 16.5. The number of ether oxygens (including phenoxy) is 1. The molecule has 1 aliphatic rings. The number of carbonyl (C=O) groups excluding carboxylic acids is 2. The van der Waals surface area contributed by atoms with Gasteiger partial charge in [0.15, 0.2) is 0 Å². The number of hydrogen-bond donors (Lipinski definition) is 3. The van der Waals surface area contributed by atoms with Crippen molar-refractivity contribution in [3.05, 3.63) is 120 Å². The minimum atomic E-state index is -0.646. The Balaban J connectivity index is 1.10. The van der Waals surface area contributed by atoms with Crippen molar-refractivity contribution in [3.8, 4) is 22.5 Å². The highest BCUT2D eigenvalue weighted by molar-refractivity contribution is 6.00. The van der Waals surface area contributed by atoms with E-state index in [9.17, 15) is 14.7 Å². The Labute approximate surface area is 298 Å². The number of anilines is 1. The Bertz CT molecular complexity index is 1910. The number of aromatic nitrogens is 4. The maximum atomic E-state index is 14.2. The molecule has 3 N–H and O–H groups in total. The summed E-state index contributed by atoms with van der Waals surface area (Å²) in [6, 6.07) is 33.3. The van der Waals surface area contributed by atoms with Crippen molar-refractivity contribution in [2.75, 3.05) is 24.7 Å². The summed E-state index contributed by atoms with van der Waals surface area (Å²) in [5.74, 6) is 0.186. The number of aryl methyl sites for hydroxylation is 1. The zero-order valence-corrected chi connectivity index (χ0v) is 29.2. The highest BCUT2D eigenvalue weighted by Gasteiger charge is 2.32. The molecule has 1 aliphatic heterocycles. The number of amides is 2. The Morgan fingerprint density at radius 3 is 2.43 bits per heavy atom. The molecule has 0 saturated carbocycles. The van der Waals surface area contributed by atoms with E-state index in [1.54, 1.807) is 4.90 Å². The van der Waals surface area contributed by atoms with E-state index >= 15 is 0 Å². The number of carbonyl (C=O) groups is 2. The number of nitrogens with one attached hydrogen (secondary N) is 2. The molecule has 0 bridgehead atoms. The standard InChI is InChI=1S/C40H45N7O4/c1-40(2,41-22-25-51-28-30-10-4-3-5-11-30)26-37(49)42-35-21-20-32-12-6-9-15-36(32)46(39(35)50)27-29-16-18-31(19-17-29)33-13-7-8-14-34(33)38-43-45-47(44-38)23-24-48/h3-19,35,41,48H,20-28H2,1-2H3,(H,42,49)/t35-/m1/s1. The third-order valence-electron chi connectivity index (χ3n) is 8.97. The number of rotatable bonds is 15. The molecule has 0 unspecified atom stereocenters. The first-order chi connectivity index (χ1) is 24.8. The predicted octanol–water partition coefficient (Wildman–Crippen LogP) is 4.94. The van der Waals surface area contributed by atoms with E-state index in [1.807, 2.05) is 111 Å². The fraction of sp³-hybridized carbons (Fsp3) is 0.325. The smallest absolute Gasteiger partial charge is 0.249 e. The van der Waals surface area contributed by atoms with Gasteiger partial charge in [0.2, 0.25) is 17.6 Å². The van der Waals surface area contributed by atoms with Gasteiger partial charge in [-0.25, -0.2) is 0 Å². The van der Waals surface area contributed by atoms with E-state index in [2.05, 4.69) is 32.1 Å². The first-order valence-corrected chi connectivity index (χ1v) is 17.4. The van der Waals surface area contributed by atoms with Crippen LogP contribution < -0.4 is 15.5 Å². The van der Waals surface area contributed by atoms with E-state index in [0.717, 1.165) is 39.1 Å². The van der Waals surface area contributed by atoms with Gasteiger partial charge < -0.3 is 25.4 Å². The number of benzene rings is 4. The molecule has 11 heteroatoms. The van der Waals surface area contributed by atoms with Crippen molar-refractivity contribution in [3.63, 3.8) is 0 Å². The number of hydrogen-bond acceptors (Lipinski definition) is 8. The van der Waals surface area contributed by atoms with Gasteiger partial charge in [-0.05, 0) is 65.8 Å². The number of aliphatic hydroxyl groups excluding tert-OH is 1. The molecule has 5 aromatic rings. The lowest BCUT2D eigenvalue weighted by Gasteiger charge is -2.29. The van der Waals surface area contributed by atoms with E-state index in [-0.39, 0.29) is 31.4 Å². The quantitative estimate of drug-likeness (QED) is 0.132. The van der Waals surface area contributed by atoms with Crippen LogP contribution in [0.2, 0.25) is 0 Å². The van der Waals surface area contributed by atoms with Crippen LogP contribution in [0.4, 0.5) is 5.69 Å². The van der Waals surface area contributed by atoms with E-state index in [4.69, 9.17) is 4.74 Å². The molecular weight excluding hydrogens is 642 g/mol. The largest absolute Gasteiger partial charge is 0.394 e. The molecule has 11 nitrogen and oxygen atoms in total. The van der Waals surface area contributed by atoms with E-state index < -0.39 is 11.6 Å². The predicted molar refractivity (Wildman–Crippen MR) is 196 cm³/mol. The van der Waals surface area contributed by atoms with Crippen LogP contribution in [0.3, 0.4) is 0 Å². The van der Waals surface area contributed by atoms with E-state index in [1.165, 1.54) is 4.80 Å². The molecule has 2 amide bonds. The van der Waals surface area contributed by atoms with Crippen LogP contribution in [0.5, 0.6) is 0 Å². The van der Waals surface area contributed by atoms with Gasteiger partial charge in [0.05, 0.1) is 32.9 Å². The van der Waals surface area contributed by atoms with Crippen LogP contribution in [0.1, 0.15) is 43.4 Å². The van der Waals surface area contributed by atoms with Gasteiger partial charge in [-0.15, -0.1) is 10.2 Å². The summed E-state index contributed by atoms with van der Waals surface area (Å²) in [6.45, 7) is 6.20. The molecule has 0 saturated heterocycles. The highest BCUT2D eigenvalue weighted by Crippen LogP contribution is 2.32. The van der Waals surface area contributed by atoms with Crippen LogP contribution in [0.15, 0.2) is 103 Å². The van der Waals surface area contributed by atoms with E-state index in [0.29, 0.717) is 45.0 Å². The molecule has 0 spiro atoms. The summed E-state index contributed by atoms with van der Waals surface area (Å²) in [5.41, 5.74) is 6.29. The molecule has 0 aliphatic carbocycles. The maximum absolute atomic E-state index is 14.2. The summed E-state index contributed by atoms with van der Waals surface area (Å²) in [4.78, 5) is 30.7. The molecular formula is C40H45N7O4. The van der Waals surface area contributed by atoms with Gasteiger partial charge in [-0.1, -0.05) is 97.1 Å². The van der Waals surface area contributed by atoms with Crippen molar-refractivity contribution >= 4 is 17.5 Å². The van der Waals surface area contributed by atoms with Crippen molar-refractivity contribution in [1.82, 2.24) is 30.8 Å². The van der Waals surface area contributed by atoms with Crippen molar-refractivity contribution in [2.24, 2.45) is 0 Å². The average molecular weight is 688 g/mol. The molecule has 0 radical (unpaired) electrons. The first-order valence-electron chi connectivity index (χ1n) is 17.4. The second-order valence-electron chi connectivity index (χ2n) is 13.4. The van der Waals surface area contributed by atoms with Gasteiger partial charge in [0.1, 0.15) is 6.04 Å². The first kappa shape index (κ1) is 35.6. The fourth-order valence-corrected chi connectivity index (χ4v) is 6.39. The summed E-state index contributed by atoms with van der Waals surface area (Å²) in [6.07, 6.45) is 1.42. The number of nitrogens with zero attached hydrogens (tertiary/aromatic N) is 5. The molecule has 1 aromatic heterocycles. The molecule has 0 fully saturated rings.